The lowest BCUT2D eigenvalue weighted by molar-refractivity contribution is -0.398. The standard InChI is InChI=1S/C15H28ClN3O8/c1-3-5-6-14(24)12(22)15(25,11(21)10(9-20)27-14)18(4-2)13(23)19(17-26)8-7-16/h10-12,20-22,24-25H,3-9H2,1-2H3/t10-,11-,12+,14+,15+/m1/s1. The Kier molecular flexibility index (Phi) is 8.80. The predicted molar refractivity (Wildman–Crippen MR) is 94.4 cm³/mol. The number of hydrogen-bond acceptors (Lipinski definition) is 9. The Hall–Kier alpha value is -1.08. The summed E-state index contributed by atoms with van der Waals surface area (Å²) in [6.45, 7) is 1.91. The lowest BCUT2D eigenvalue weighted by atomic mass is 9.83. The number of carbonyl (C=O) groups is 1. The van der Waals surface area contributed by atoms with E-state index in [1.54, 1.807) is 0 Å². The summed E-state index contributed by atoms with van der Waals surface area (Å²) in [6, 6.07) is -1.13. The number of likely N-dealkylation sites (N-methyl/N-ethyl adjacent to an activating group) is 1. The summed E-state index contributed by atoms with van der Waals surface area (Å²) in [4.78, 5) is 24.2. The number of halogens is 1. The smallest absolute Gasteiger partial charge is 0.345 e. The molecule has 27 heavy (non-hydrogen) atoms. The minimum Gasteiger partial charge on any atom is -0.394 e. The number of carbonyl (C=O) groups excluding carboxylic acids is 1. The maximum absolute atomic E-state index is 12.6. The number of rotatable bonds is 9. The van der Waals surface area contributed by atoms with Gasteiger partial charge >= 0.3 is 6.03 Å². The molecule has 1 aliphatic heterocycles. The number of hydrogen-bond donors (Lipinski definition) is 5. The summed E-state index contributed by atoms with van der Waals surface area (Å²) in [6.07, 6.45) is -4.73. The van der Waals surface area contributed by atoms with Gasteiger partial charge in [-0.05, 0) is 13.3 Å². The zero-order valence-electron chi connectivity index (χ0n) is 15.4. The number of urea groups is 1. The van der Waals surface area contributed by atoms with Crippen molar-refractivity contribution in [1.82, 2.24) is 9.91 Å². The summed E-state index contributed by atoms with van der Waals surface area (Å²) in [7, 11) is 0. The minimum absolute atomic E-state index is 0.124. The van der Waals surface area contributed by atoms with E-state index in [4.69, 9.17) is 16.3 Å². The molecule has 1 heterocycles. The van der Waals surface area contributed by atoms with Gasteiger partial charge in [0, 0.05) is 18.8 Å². The van der Waals surface area contributed by atoms with Crippen LogP contribution < -0.4 is 0 Å². The van der Waals surface area contributed by atoms with Gasteiger partial charge in [-0.25, -0.2) is 4.79 Å². The van der Waals surface area contributed by atoms with Crippen LogP contribution in [0.3, 0.4) is 0 Å². The van der Waals surface area contributed by atoms with E-state index in [1.807, 2.05) is 6.92 Å². The second-order valence-electron chi connectivity index (χ2n) is 6.34. The molecule has 0 bridgehead atoms. The molecular formula is C15H28ClN3O8. The summed E-state index contributed by atoms with van der Waals surface area (Å²) in [5.41, 5.74) is -2.75. The number of nitroso groups, excluding NO2 is 1. The maximum Gasteiger partial charge on any atom is 0.345 e. The first kappa shape index (κ1) is 24.0. The monoisotopic (exact) mass is 413 g/mol. The fourth-order valence-electron chi connectivity index (χ4n) is 3.16. The van der Waals surface area contributed by atoms with Crippen LogP contribution in [-0.4, -0.2) is 96.9 Å². The highest BCUT2D eigenvalue weighted by Crippen LogP contribution is 2.40. The average Bonchev–Trinajstić information content (AvgIpc) is 2.66. The number of unbranched alkanes of at least 4 members (excludes halogenated alkanes) is 1. The molecule has 5 atom stereocenters. The summed E-state index contributed by atoms with van der Waals surface area (Å²) < 4.78 is 5.24. The zero-order chi connectivity index (χ0) is 20.8. The van der Waals surface area contributed by atoms with E-state index in [0.717, 1.165) is 0 Å². The molecular weight excluding hydrogens is 386 g/mol. The fourth-order valence-corrected chi connectivity index (χ4v) is 3.32. The van der Waals surface area contributed by atoms with Crippen molar-refractivity contribution in [2.24, 2.45) is 5.29 Å². The molecule has 5 N–H and O–H groups in total. The van der Waals surface area contributed by atoms with Crippen molar-refractivity contribution in [3.8, 4) is 0 Å². The maximum atomic E-state index is 12.6. The lowest BCUT2D eigenvalue weighted by Crippen LogP contribution is -2.78. The van der Waals surface area contributed by atoms with E-state index >= 15 is 0 Å². The van der Waals surface area contributed by atoms with Crippen molar-refractivity contribution in [2.45, 2.75) is 62.9 Å². The van der Waals surface area contributed by atoms with E-state index in [0.29, 0.717) is 22.8 Å². The molecule has 11 nitrogen and oxygen atoms in total. The third kappa shape index (κ3) is 4.50. The number of aliphatic hydroxyl groups is 5. The summed E-state index contributed by atoms with van der Waals surface area (Å²) in [5.74, 6) is -2.46. The van der Waals surface area contributed by atoms with Gasteiger partial charge in [0.05, 0.1) is 18.4 Å². The lowest BCUT2D eigenvalue weighted by Gasteiger charge is -2.55. The van der Waals surface area contributed by atoms with Crippen molar-refractivity contribution in [3.63, 3.8) is 0 Å². The normalized spacial score (nSPS) is 33.6. The second-order valence-corrected chi connectivity index (χ2v) is 6.72. The van der Waals surface area contributed by atoms with Crippen LogP contribution in [0.5, 0.6) is 0 Å². The van der Waals surface area contributed by atoms with Crippen molar-refractivity contribution in [2.75, 3.05) is 25.6 Å². The number of alkyl halides is 1. The van der Waals surface area contributed by atoms with Gasteiger partial charge in [0.1, 0.15) is 12.2 Å². The van der Waals surface area contributed by atoms with Gasteiger partial charge < -0.3 is 30.3 Å². The van der Waals surface area contributed by atoms with Gasteiger partial charge in [-0.2, -0.15) is 5.01 Å². The van der Waals surface area contributed by atoms with Crippen LogP contribution in [-0.2, 0) is 4.74 Å². The Morgan fingerprint density at radius 3 is 2.37 bits per heavy atom. The first-order valence-corrected chi connectivity index (χ1v) is 9.29. The van der Waals surface area contributed by atoms with E-state index in [1.165, 1.54) is 6.92 Å². The molecule has 1 rings (SSSR count). The van der Waals surface area contributed by atoms with Gasteiger partial charge in [0.25, 0.3) is 0 Å². The van der Waals surface area contributed by atoms with Crippen LogP contribution in [0.15, 0.2) is 5.29 Å². The van der Waals surface area contributed by atoms with Gasteiger partial charge in [-0.15, -0.1) is 16.5 Å². The molecule has 2 amide bonds. The molecule has 1 fully saturated rings. The first-order chi connectivity index (χ1) is 12.7. The van der Waals surface area contributed by atoms with Crippen LogP contribution in [0.1, 0.15) is 33.1 Å². The molecule has 1 aliphatic rings. The minimum atomic E-state index is -2.75. The quantitative estimate of drug-likeness (QED) is 0.144. The third-order valence-corrected chi connectivity index (χ3v) is 4.81. The van der Waals surface area contributed by atoms with Crippen LogP contribution in [0.2, 0.25) is 0 Å². The van der Waals surface area contributed by atoms with Crippen LogP contribution in [0.4, 0.5) is 4.79 Å². The average molecular weight is 414 g/mol. The Bertz CT molecular complexity index is 515. The fraction of sp³-hybridized carbons (Fsp3) is 0.933. The van der Waals surface area contributed by atoms with Crippen molar-refractivity contribution in [3.05, 3.63) is 4.91 Å². The number of aliphatic hydroxyl groups excluding tert-OH is 3. The van der Waals surface area contributed by atoms with Gasteiger partial charge in [-0.3, -0.25) is 4.90 Å². The Morgan fingerprint density at radius 1 is 1.30 bits per heavy atom. The predicted octanol–water partition coefficient (Wildman–Crippen LogP) is -0.669. The number of ether oxygens (including phenoxy) is 1. The van der Waals surface area contributed by atoms with E-state index in [2.05, 4.69) is 5.29 Å². The van der Waals surface area contributed by atoms with Crippen LogP contribution in [0, 0.1) is 4.91 Å². The molecule has 0 saturated carbocycles. The highest BCUT2D eigenvalue weighted by Gasteiger charge is 2.64. The van der Waals surface area contributed by atoms with E-state index in [9.17, 15) is 35.2 Å². The topological polar surface area (TPSA) is 163 Å². The summed E-state index contributed by atoms with van der Waals surface area (Å²) in [5, 5.41) is 55.5. The Labute approximate surface area is 162 Å². The Balaban J connectivity index is 3.37. The molecule has 0 unspecified atom stereocenters. The molecule has 0 aromatic heterocycles. The van der Waals surface area contributed by atoms with Gasteiger partial charge in [0.15, 0.2) is 11.9 Å². The van der Waals surface area contributed by atoms with Crippen molar-refractivity contribution < 1.29 is 35.1 Å². The van der Waals surface area contributed by atoms with Crippen LogP contribution in [0.25, 0.3) is 0 Å². The second kappa shape index (κ2) is 9.92. The molecule has 12 heteroatoms. The molecule has 0 radical (unpaired) electrons. The zero-order valence-corrected chi connectivity index (χ0v) is 16.1. The highest BCUT2D eigenvalue weighted by molar-refractivity contribution is 6.18. The number of amides is 2. The van der Waals surface area contributed by atoms with Gasteiger partial charge in [-0.1, -0.05) is 13.3 Å². The SMILES string of the molecule is CCCC[C@]1(O)O[C@H](CO)[C@@H](O)[C@@](O)(N(CC)C(=O)N(CCCl)N=O)[C@H]1O. The molecule has 1 saturated heterocycles. The molecule has 0 aliphatic carbocycles. The van der Waals surface area contributed by atoms with Crippen molar-refractivity contribution in [1.29, 1.82) is 0 Å². The number of nitrogens with zero attached hydrogens (tertiary/aromatic N) is 3. The molecule has 0 aromatic carbocycles. The molecule has 0 spiro atoms. The highest BCUT2D eigenvalue weighted by atomic mass is 35.5. The van der Waals surface area contributed by atoms with E-state index < -0.39 is 42.5 Å². The summed E-state index contributed by atoms with van der Waals surface area (Å²) >= 11 is 5.53. The molecule has 0 aromatic rings. The first-order valence-electron chi connectivity index (χ1n) is 8.75. The molecule has 158 valence electrons. The van der Waals surface area contributed by atoms with Crippen molar-refractivity contribution >= 4 is 17.6 Å². The van der Waals surface area contributed by atoms with Gasteiger partial charge in [0.2, 0.25) is 5.72 Å². The van der Waals surface area contributed by atoms with Crippen LogP contribution >= 0.6 is 11.6 Å². The largest absolute Gasteiger partial charge is 0.394 e. The Morgan fingerprint density at radius 2 is 1.93 bits per heavy atom. The third-order valence-electron chi connectivity index (χ3n) is 4.64. The van der Waals surface area contributed by atoms with E-state index in [-0.39, 0.29) is 25.4 Å².